The van der Waals surface area contributed by atoms with E-state index in [9.17, 15) is 0 Å². The van der Waals surface area contributed by atoms with Crippen LogP contribution in [0.15, 0.2) is 24.3 Å². The normalized spacial score (nSPS) is 21.2. The maximum Gasteiger partial charge on any atom is 0.0340 e. The van der Waals surface area contributed by atoms with Gasteiger partial charge in [-0.1, -0.05) is 32.9 Å². The van der Waals surface area contributed by atoms with Crippen molar-refractivity contribution in [2.24, 2.45) is 0 Å². The molecule has 1 atom stereocenters. The molecule has 0 spiro atoms. The molecule has 1 aliphatic rings. The van der Waals surface area contributed by atoms with Crippen LogP contribution >= 0.6 is 0 Å². The van der Waals surface area contributed by atoms with E-state index in [-0.39, 0.29) is 5.41 Å². The van der Waals surface area contributed by atoms with Crippen LogP contribution in [-0.2, 0) is 5.41 Å². The predicted octanol–water partition coefficient (Wildman–Crippen LogP) is 3.49. The Hall–Kier alpha value is -1.02. The number of nitrogens with zero attached hydrogens (tertiary/aromatic N) is 1. The summed E-state index contributed by atoms with van der Waals surface area (Å²) >= 11 is 0. The van der Waals surface area contributed by atoms with E-state index in [0.29, 0.717) is 6.04 Å². The van der Waals surface area contributed by atoms with E-state index in [1.54, 1.807) is 0 Å². The third-order valence-electron chi connectivity index (χ3n) is 3.96. The van der Waals surface area contributed by atoms with Crippen LogP contribution in [0.5, 0.6) is 0 Å². The molecular formula is C16H26N2. The molecule has 0 aliphatic carbocycles. The van der Waals surface area contributed by atoms with E-state index in [1.165, 1.54) is 30.6 Å². The molecule has 1 aromatic rings. The van der Waals surface area contributed by atoms with Gasteiger partial charge in [0.15, 0.2) is 0 Å². The number of likely N-dealkylation sites (N-methyl/N-ethyl adjacent to an activating group) is 1. The molecule has 1 aromatic carbocycles. The molecule has 2 nitrogen and oxygen atoms in total. The maximum absolute atomic E-state index is 3.55. The predicted molar refractivity (Wildman–Crippen MR) is 79.3 cm³/mol. The van der Waals surface area contributed by atoms with Gasteiger partial charge >= 0.3 is 0 Å². The van der Waals surface area contributed by atoms with E-state index >= 15 is 0 Å². The highest BCUT2D eigenvalue weighted by atomic mass is 15.2. The summed E-state index contributed by atoms with van der Waals surface area (Å²) in [7, 11) is 2.22. The van der Waals surface area contributed by atoms with Gasteiger partial charge in [0.1, 0.15) is 0 Å². The third kappa shape index (κ3) is 3.26. The standard InChI is InChI=1S/C16H26N2/c1-16(2,3)13-7-9-14(10-8-13)17-12-15-6-5-11-18(15)4/h7-10,15,17H,5-6,11-12H2,1-4H3. The smallest absolute Gasteiger partial charge is 0.0340 e. The summed E-state index contributed by atoms with van der Waals surface area (Å²) in [5.41, 5.74) is 2.87. The Labute approximate surface area is 111 Å². The number of hydrogen-bond acceptors (Lipinski definition) is 2. The van der Waals surface area contributed by atoms with Gasteiger partial charge in [-0.2, -0.15) is 0 Å². The lowest BCUT2D eigenvalue weighted by molar-refractivity contribution is 0.322. The SMILES string of the molecule is CN1CCCC1CNc1ccc(C(C)(C)C)cc1. The molecule has 1 N–H and O–H groups in total. The second kappa shape index (κ2) is 5.31. The summed E-state index contributed by atoms with van der Waals surface area (Å²) in [4.78, 5) is 2.45. The highest BCUT2D eigenvalue weighted by Gasteiger charge is 2.20. The molecular weight excluding hydrogens is 220 g/mol. The largest absolute Gasteiger partial charge is 0.383 e. The second-order valence-electron chi connectivity index (χ2n) is 6.48. The summed E-state index contributed by atoms with van der Waals surface area (Å²) in [6, 6.07) is 9.58. The minimum absolute atomic E-state index is 0.240. The average molecular weight is 246 g/mol. The first kappa shape index (κ1) is 13.4. The molecule has 0 bridgehead atoms. The van der Waals surface area contributed by atoms with Gasteiger partial charge in [0, 0.05) is 18.3 Å². The van der Waals surface area contributed by atoms with E-state index in [1.807, 2.05) is 0 Å². The second-order valence-corrected chi connectivity index (χ2v) is 6.48. The molecule has 1 saturated heterocycles. The molecule has 2 heteroatoms. The van der Waals surface area contributed by atoms with Crippen LogP contribution < -0.4 is 5.32 Å². The first-order chi connectivity index (χ1) is 8.47. The third-order valence-corrected chi connectivity index (χ3v) is 3.96. The number of rotatable bonds is 3. The monoisotopic (exact) mass is 246 g/mol. The van der Waals surface area contributed by atoms with Crippen molar-refractivity contribution in [2.45, 2.75) is 45.1 Å². The number of nitrogens with one attached hydrogen (secondary N) is 1. The van der Waals surface area contributed by atoms with Crippen molar-refractivity contribution >= 4 is 5.69 Å². The molecule has 0 radical (unpaired) electrons. The van der Waals surface area contributed by atoms with Gasteiger partial charge in [-0.05, 0) is 49.5 Å². The van der Waals surface area contributed by atoms with Crippen LogP contribution in [0.1, 0.15) is 39.2 Å². The van der Waals surface area contributed by atoms with Crippen LogP contribution in [0, 0.1) is 0 Å². The minimum atomic E-state index is 0.240. The molecule has 1 fully saturated rings. The number of anilines is 1. The Kier molecular flexibility index (Phi) is 3.96. The fourth-order valence-corrected chi connectivity index (χ4v) is 2.56. The van der Waals surface area contributed by atoms with Gasteiger partial charge in [-0.25, -0.2) is 0 Å². The Bertz CT molecular complexity index is 375. The molecule has 0 saturated carbocycles. The van der Waals surface area contributed by atoms with E-state index in [0.717, 1.165) is 6.54 Å². The van der Waals surface area contributed by atoms with E-state index in [2.05, 4.69) is 62.3 Å². The fraction of sp³-hybridized carbons (Fsp3) is 0.625. The molecule has 100 valence electrons. The molecule has 2 rings (SSSR count). The quantitative estimate of drug-likeness (QED) is 0.878. The Morgan fingerprint density at radius 2 is 1.89 bits per heavy atom. The fourth-order valence-electron chi connectivity index (χ4n) is 2.56. The van der Waals surface area contributed by atoms with Crippen LogP contribution in [0.4, 0.5) is 5.69 Å². The van der Waals surface area contributed by atoms with Crippen LogP contribution in [0.2, 0.25) is 0 Å². The summed E-state index contributed by atoms with van der Waals surface area (Å²) in [5, 5.41) is 3.55. The molecule has 1 heterocycles. The zero-order valence-corrected chi connectivity index (χ0v) is 12.2. The number of likely N-dealkylation sites (tertiary alicyclic amines) is 1. The van der Waals surface area contributed by atoms with Crippen LogP contribution in [-0.4, -0.2) is 31.1 Å². The molecule has 1 unspecified atom stereocenters. The summed E-state index contributed by atoms with van der Waals surface area (Å²) in [5.74, 6) is 0. The molecule has 0 aromatic heterocycles. The lowest BCUT2D eigenvalue weighted by Crippen LogP contribution is -2.31. The van der Waals surface area contributed by atoms with Crippen molar-refractivity contribution in [1.82, 2.24) is 4.90 Å². The highest BCUT2D eigenvalue weighted by Crippen LogP contribution is 2.23. The van der Waals surface area contributed by atoms with Gasteiger partial charge in [0.2, 0.25) is 0 Å². The van der Waals surface area contributed by atoms with Gasteiger partial charge < -0.3 is 10.2 Å². The average Bonchev–Trinajstić information content (AvgIpc) is 2.72. The molecule has 0 amide bonds. The van der Waals surface area contributed by atoms with Gasteiger partial charge in [-0.3, -0.25) is 0 Å². The molecule has 1 aliphatic heterocycles. The first-order valence-corrected chi connectivity index (χ1v) is 7.01. The van der Waals surface area contributed by atoms with E-state index < -0.39 is 0 Å². The first-order valence-electron chi connectivity index (χ1n) is 7.01. The van der Waals surface area contributed by atoms with Crippen molar-refractivity contribution in [3.05, 3.63) is 29.8 Å². The van der Waals surface area contributed by atoms with Gasteiger partial charge in [-0.15, -0.1) is 0 Å². The highest BCUT2D eigenvalue weighted by molar-refractivity contribution is 5.45. The zero-order valence-electron chi connectivity index (χ0n) is 12.2. The lowest BCUT2D eigenvalue weighted by atomic mass is 9.87. The van der Waals surface area contributed by atoms with Gasteiger partial charge in [0.05, 0.1) is 0 Å². The van der Waals surface area contributed by atoms with Crippen LogP contribution in [0.25, 0.3) is 0 Å². The van der Waals surface area contributed by atoms with Crippen molar-refractivity contribution in [2.75, 3.05) is 25.5 Å². The van der Waals surface area contributed by atoms with Crippen LogP contribution in [0.3, 0.4) is 0 Å². The Balaban J connectivity index is 1.90. The Morgan fingerprint density at radius 1 is 1.22 bits per heavy atom. The molecule has 18 heavy (non-hydrogen) atoms. The summed E-state index contributed by atoms with van der Waals surface area (Å²) in [6.07, 6.45) is 2.66. The minimum Gasteiger partial charge on any atom is -0.383 e. The summed E-state index contributed by atoms with van der Waals surface area (Å²) in [6.45, 7) is 9.06. The lowest BCUT2D eigenvalue weighted by Gasteiger charge is -2.22. The maximum atomic E-state index is 3.55. The Morgan fingerprint density at radius 3 is 2.39 bits per heavy atom. The number of benzene rings is 1. The topological polar surface area (TPSA) is 15.3 Å². The van der Waals surface area contributed by atoms with Crippen molar-refractivity contribution in [3.63, 3.8) is 0 Å². The zero-order chi connectivity index (χ0) is 13.2. The van der Waals surface area contributed by atoms with Gasteiger partial charge in [0.25, 0.3) is 0 Å². The van der Waals surface area contributed by atoms with E-state index in [4.69, 9.17) is 0 Å². The number of hydrogen-bond donors (Lipinski definition) is 1. The van der Waals surface area contributed by atoms with Crippen molar-refractivity contribution in [1.29, 1.82) is 0 Å². The summed E-state index contributed by atoms with van der Waals surface area (Å²) < 4.78 is 0. The van der Waals surface area contributed by atoms with Crippen molar-refractivity contribution in [3.8, 4) is 0 Å². The van der Waals surface area contributed by atoms with Crippen molar-refractivity contribution < 1.29 is 0 Å².